The molecule has 3 aromatic rings. The minimum absolute atomic E-state index is 0.0346. The lowest BCUT2D eigenvalue weighted by Gasteiger charge is -2.26. The van der Waals surface area contributed by atoms with Crippen LogP contribution in [0.25, 0.3) is 5.69 Å². The molecule has 1 fully saturated rings. The summed E-state index contributed by atoms with van der Waals surface area (Å²) < 4.78 is 1.84. The van der Waals surface area contributed by atoms with E-state index in [1.807, 2.05) is 27.9 Å². The SMILES string of the molecule is Cc1cc(Cc2ccc(-n3cccn3)cc2)cc2c1CN([C@@H]1CCC[C@H]1O)C2=O. The molecule has 5 heteroatoms. The van der Waals surface area contributed by atoms with Crippen LogP contribution in [0.5, 0.6) is 0 Å². The fraction of sp³-hybridized carbons (Fsp3) is 0.333. The van der Waals surface area contributed by atoms with Gasteiger partial charge in [0.25, 0.3) is 5.91 Å². The van der Waals surface area contributed by atoms with Crippen molar-refractivity contribution >= 4 is 5.91 Å². The van der Waals surface area contributed by atoms with E-state index in [0.717, 1.165) is 53.6 Å². The first-order chi connectivity index (χ1) is 14.1. The van der Waals surface area contributed by atoms with Gasteiger partial charge in [0.05, 0.1) is 17.8 Å². The number of aliphatic hydroxyl groups is 1. The van der Waals surface area contributed by atoms with Crippen molar-refractivity contribution in [3.63, 3.8) is 0 Å². The van der Waals surface area contributed by atoms with E-state index in [2.05, 4.69) is 42.4 Å². The summed E-state index contributed by atoms with van der Waals surface area (Å²) in [7, 11) is 0. The van der Waals surface area contributed by atoms with E-state index in [1.165, 1.54) is 5.56 Å². The molecular weight excluding hydrogens is 362 g/mol. The van der Waals surface area contributed by atoms with Crippen molar-refractivity contribution in [2.75, 3.05) is 0 Å². The number of aromatic nitrogens is 2. The van der Waals surface area contributed by atoms with Crippen LogP contribution < -0.4 is 0 Å². The van der Waals surface area contributed by atoms with Crippen molar-refractivity contribution < 1.29 is 9.90 Å². The fourth-order valence-electron chi connectivity index (χ4n) is 4.77. The van der Waals surface area contributed by atoms with Gasteiger partial charge in [-0.05, 0) is 79.1 Å². The zero-order valence-electron chi connectivity index (χ0n) is 16.6. The number of fused-ring (bicyclic) bond motifs is 1. The van der Waals surface area contributed by atoms with Crippen LogP contribution in [-0.4, -0.2) is 37.8 Å². The van der Waals surface area contributed by atoms with Gasteiger partial charge in [-0.3, -0.25) is 4.79 Å². The van der Waals surface area contributed by atoms with Crippen LogP contribution in [-0.2, 0) is 13.0 Å². The topological polar surface area (TPSA) is 58.4 Å². The molecule has 2 aliphatic rings. The second kappa shape index (κ2) is 7.16. The second-order valence-corrected chi connectivity index (χ2v) is 8.23. The molecule has 2 atom stereocenters. The minimum Gasteiger partial charge on any atom is -0.391 e. The van der Waals surface area contributed by atoms with Gasteiger partial charge < -0.3 is 10.0 Å². The average molecular weight is 387 g/mol. The molecule has 5 nitrogen and oxygen atoms in total. The summed E-state index contributed by atoms with van der Waals surface area (Å²) in [5.74, 6) is 0.0740. The Labute approximate surface area is 170 Å². The van der Waals surface area contributed by atoms with Gasteiger partial charge in [-0.15, -0.1) is 0 Å². The number of aliphatic hydroxyl groups excluding tert-OH is 1. The molecule has 1 aliphatic carbocycles. The van der Waals surface area contributed by atoms with E-state index in [9.17, 15) is 9.90 Å². The number of aryl methyl sites for hydroxylation is 1. The molecule has 2 heterocycles. The molecule has 0 radical (unpaired) electrons. The van der Waals surface area contributed by atoms with Gasteiger partial charge in [0.15, 0.2) is 0 Å². The van der Waals surface area contributed by atoms with E-state index < -0.39 is 0 Å². The van der Waals surface area contributed by atoms with Crippen molar-refractivity contribution in [2.45, 2.75) is 51.3 Å². The minimum atomic E-state index is -0.388. The van der Waals surface area contributed by atoms with Crippen LogP contribution in [0.2, 0.25) is 0 Å². The van der Waals surface area contributed by atoms with Crippen molar-refractivity contribution in [1.29, 1.82) is 0 Å². The summed E-state index contributed by atoms with van der Waals surface area (Å²) >= 11 is 0. The molecule has 0 spiro atoms. The Kier molecular flexibility index (Phi) is 4.47. The highest BCUT2D eigenvalue weighted by Crippen LogP contribution is 2.34. The Bertz CT molecular complexity index is 1040. The number of carbonyl (C=O) groups is 1. The number of hydrogen-bond acceptors (Lipinski definition) is 3. The Balaban J connectivity index is 1.38. The second-order valence-electron chi connectivity index (χ2n) is 8.23. The predicted octanol–water partition coefficient (Wildman–Crippen LogP) is 3.64. The highest BCUT2D eigenvalue weighted by atomic mass is 16.3. The molecule has 1 amide bonds. The van der Waals surface area contributed by atoms with Crippen LogP contribution in [0.15, 0.2) is 54.9 Å². The molecule has 2 aromatic carbocycles. The largest absolute Gasteiger partial charge is 0.391 e. The van der Waals surface area contributed by atoms with Crippen LogP contribution in [0.1, 0.15) is 51.9 Å². The van der Waals surface area contributed by atoms with Gasteiger partial charge in [0.2, 0.25) is 0 Å². The highest BCUT2D eigenvalue weighted by Gasteiger charge is 2.39. The molecule has 29 heavy (non-hydrogen) atoms. The first-order valence-electron chi connectivity index (χ1n) is 10.3. The van der Waals surface area contributed by atoms with E-state index in [4.69, 9.17) is 0 Å². The smallest absolute Gasteiger partial charge is 0.254 e. The standard InChI is InChI=1S/C24H25N3O2/c1-16-12-18(13-17-6-8-19(9-7-17)27-11-3-10-25-27)14-20-21(16)15-26(24(20)29)22-4-2-5-23(22)28/h3,6-12,14,22-23,28H,2,4-5,13,15H2,1H3/t22-,23-/m1/s1. The van der Waals surface area contributed by atoms with E-state index >= 15 is 0 Å². The van der Waals surface area contributed by atoms with Crippen molar-refractivity contribution in [2.24, 2.45) is 0 Å². The zero-order valence-corrected chi connectivity index (χ0v) is 16.6. The van der Waals surface area contributed by atoms with Gasteiger partial charge in [-0.1, -0.05) is 18.2 Å². The normalized spacial score (nSPS) is 21.0. The summed E-state index contributed by atoms with van der Waals surface area (Å²) in [6.07, 6.45) is 6.78. The Morgan fingerprint density at radius 1 is 1.14 bits per heavy atom. The average Bonchev–Trinajstić information content (AvgIpc) is 3.45. The van der Waals surface area contributed by atoms with Crippen molar-refractivity contribution in [3.8, 4) is 5.69 Å². The molecule has 148 valence electrons. The first-order valence-corrected chi connectivity index (χ1v) is 10.3. The van der Waals surface area contributed by atoms with E-state index in [0.29, 0.717) is 6.54 Å². The zero-order chi connectivity index (χ0) is 20.0. The molecule has 1 aromatic heterocycles. The maximum atomic E-state index is 13.1. The molecule has 0 bridgehead atoms. The van der Waals surface area contributed by atoms with Gasteiger partial charge in [-0.25, -0.2) is 4.68 Å². The molecule has 1 saturated carbocycles. The molecular formula is C24H25N3O2. The molecule has 5 rings (SSSR count). The lowest BCUT2D eigenvalue weighted by Crippen LogP contribution is -2.40. The Morgan fingerprint density at radius 3 is 2.66 bits per heavy atom. The van der Waals surface area contributed by atoms with Gasteiger partial charge >= 0.3 is 0 Å². The van der Waals surface area contributed by atoms with Crippen LogP contribution >= 0.6 is 0 Å². The maximum Gasteiger partial charge on any atom is 0.254 e. The Morgan fingerprint density at radius 2 is 1.97 bits per heavy atom. The number of hydrogen-bond donors (Lipinski definition) is 1. The summed E-state index contributed by atoms with van der Waals surface area (Å²) in [5.41, 5.74) is 6.47. The van der Waals surface area contributed by atoms with Crippen molar-refractivity contribution in [3.05, 3.63) is 82.7 Å². The summed E-state index contributed by atoms with van der Waals surface area (Å²) in [5, 5.41) is 14.5. The third-order valence-corrected chi connectivity index (χ3v) is 6.31. The number of carbonyl (C=O) groups excluding carboxylic acids is 1. The monoisotopic (exact) mass is 387 g/mol. The van der Waals surface area contributed by atoms with Gasteiger partial charge in [0, 0.05) is 24.5 Å². The lowest BCUT2D eigenvalue weighted by atomic mass is 9.96. The van der Waals surface area contributed by atoms with Gasteiger partial charge in [-0.2, -0.15) is 5.10 Å². The number of rotatable bonds is 4. The summed E-state index contributed by atoms with van der Waals surface area (Å²) in [4.78, 5) is 15.0. The fourth-order valence-corrected chi connectivity index (χ4v) is 4.77. The molecule has 0 unspecified atom stereocenters. The van der Waals surface area contributed by atoms with Crippen LogP contribution in [0.4, 0.5) is 0 Å². The number of amides is 1. The van der Waals surface area contributed by atoms with Crippen LogP contribution in [0, 0.1) is 6.92 Å². The summed E-state index contributed by atoms with van der Waals surface area (Å²) in [6, 6.07) is 14.5. The van der Waals surface area contributed by atoms with Gasteiger partial charge in [0.1, 0.15) is 0 Å². The third kappa shape index (κ3) is 3.25. The first kappa shape index (κ1) is 18.1. The summed E-state index contributed by atoms with van der Waals surface area (Å²) in [6.45, 7) is 2.71. The molecule has 1 aliphatic heterocycles. The molecule has 1 N–H and O–H groups in total. The number of benzene rings is 2. The quantitative estimate of drug-likeness (QED) is 0.744. The van der Waals surface area contributed by atoms with Crippen molar-refractivity contribution in [1.82, 2.24) is 14.7 Å². The number of nitrogens with zero attached hydrogens (tertiary/aromatic N) is 3. The molecule has 0 saturated heterocycles. The van der Waals surface area contributed by atoms with E-state index in [-0.39, 0.29) is 18.1 Å². The van der Waals surface area contributed by atoms with E-state index in [1.54, 1.807) is 6.20 Å². The van der Waals surface area contributed by atoms with Crippen LogP contribution in [0.3, 0.4) is 0 Å². The third-order valence-electron chi connectivity index (χ3n) is 6.31. The lowest BCUT2D eigenvalue weighted by molar-refractivity contribution is 0.0479. The highest BCUT2D eigenvalue weighted by molar-refractivity contribution is 5.99. The maximum absolute atomic E-state index is 13.1. The Hall–Kier alpha value is -2.92. The predicted molar refractivity (Wildman–Crippen MR) is 111 cm³/mol.